The number of nitrogens with two attached hydrogens (primary N) is 1. The van der Waals surface area contributed by atoms with E-state index in [0.717, 1.165) is 17.7 Å². The summed E-state index contributed by atoms with van der Waals surface area (Å²) in [6.45, 7) is 2.55. The van der Waals surface area contributed by atoms with Crippen LogP contribution in [0.2, 0.25) is 5.02 Å². The van der Waals surface area contributed by atoms with Gasteiger partial charge in [0.2, 0.25) is 27.8 Å². The summed E-state index contributed by atoms with van der Waals surface area (Å²) in [5.41, 5.74) is 7.27. The highest BCUT2D eigenvalue weighted by Crippen LogP contribution is 2.38. The number of sulfonamides is 1. The van der Waals surface area contributed by atoms with Crippen molar-refractivity contribution in [3.05, 3.63) is 64.8 Å². The summed E-state index contributed by atoms with van der Waals surface area (Å²) in [5, 5.41) is 6.07. The Morgan fingerprint density at radius 1 is 1.07 bits per heavy atom. The second-order valence-corrected chi connectivity index (χ2v) is 14.0. The first-order valence-corrected chi connectivity index (χ1v) is 16.6. The van der Waals surface area contributed by atoms with E-state index >= 15 is 0 Å². The van der Waals surface area contributed by atoms with Crippen LogP contribution in [0.15, 0.2) is 47.5 Å². The maximum absolute atomic E-state index is 14.8. The Morgan fingerprint density at radius 3 is 2.49 bits per heavy atom. The van der Waals surface area contributed by atoms with Crippen molar-refractivity contribution in [1.29, 1.82) is 0 Å². The Kier molecular flexibility index (Phi) is 8.63. The first-order valence-electron chi connectivity index (χ1n) is 14.8. The first kappa shape index (κ1) is 31.1. The molecule has 238 valence electrons. The molecule has 0 radical (unpaired) electrons. The number of hydrogen-bond acceptors (Lipinski definition) is 8. The van der Waals surface area contributed by atoms with Crippen molar-refractivity contribution in [2.45, 2.75) is 62.4 Å². The molecule has 2 aromatic heterocycles. The molecule has 1 atom stereocenters. The van der Waals surface area contributed by atoms with Crippen LogP contribution in [0.5, 0.6) is 0 Å². The minimum atomic E-state index is -3.67. The molecule has 45 heavy (non-hydrogen) atoms. The van der Waals surface area contributed by atoms with Gasteiger partial charge in [-0.25, -0.2) is 27.2 Å². The van der Waals surface area contributed by atoms with Gasteiger partial charge in [-0.3, -0.25) is 9.36 Å². The van der Waals surface area contributed by atoms with Crippen LogP contribution in [-0.4, -0.2) is 57.3 Å². The Labute approximate surface area is 264 Å². The highest BCUT2D eigenvalue weighted by atomic mass is 35.5. The van der Waals surface area contributed by atoms with Crippen molar-refractivity contribution in [3.63, 3.8) is 0 Å². The lowest BCUT2D eigenvalue weighted by atomic mass is 9.85. The van der Waals surface area contributed by atoms with Gasteiger partial charge in [0.05, 0.1) is 21.8 Å². The smallest absolute Gasteiger partial charge is 0.243 e. The molecule has 2 fully saturated rings. The number of rotatable bonds is 8. The molecule has 1 saturated carbocycles. The Balaban J connectivity index is 1.30. The molecule has 11 nitrogen and oxygen atoms in total. The molecule has 4 N–H and O–H groups in total. The summed E-state index contributed by atoms with van der Waals surface area (Å²) in [5.74, 6) is -1.76. The van der Waals surface area contributed by atoms with E-state index < -0.39 is 21.7 Å². The summed E-state index contributed by atoms with van der Waals surface area (Å²) in [7, 11) is -3.67. The summed E-state index contributed by atoms with van der Waals surface area (Å²) >= 11 is 6.18. The lowest BCUT2D eigenvalue weighted by molar-refractivity contribution is -0.122. The van der Waals surface area contributed by atoms with Crippen molar-refractivity contribution < 1.29 is 22.0 Å². The minimum absolute atomic E-state index is 0.135. The van der Waals surface area contributed by atoms with E-state index in [-0.39, 0.29) is 58.0 Å². The quantitative estimate of drug-likeness (QED) is 0.231. The molecule has 1 aliphatic heterocycles. The fourth-order valence-electron chi connectivity index (χ4n) is 6.11. The lowest BCUT2D eigenvalue weighted by Crippen LogP contribution is -2.45. The van der Waals surface area contributed by atoms with Gasteiger partial charge >= 0.3 is 0 Å². The molecular weight excluding hydrogens is 626 g/mol. The van der Waals surface area contributed by atoms with Gasteiger partial charge in [-0.05, 0) is 63.6 Å². The maximum Gasteiger partial charge on any atom is 0.243 e. The summed E-state index contributed by atoms with van der Waals surface area (Å²) in [6, 6.07) is 8.12. The molecule has 2 aromatic carbocycles. The number of halogens is 3. The van der Waals surface area contributed by atoms with Crippen LogP contribution < -0.4 is 16.4 Å². The van der Waals surface area contributed by atoms with E-state index in [9.17, 15) is 22.0 Å². The lowest BCUT2D eigenvalue weighted by Gasteiger charge is -2.32. The highest BCUT2D eigenvalue weighted by Gasteiger charge is 2.32. The Hall–Kier alpha value is -3.88. The molecular formula is C30H33ClF2N8O3S. The number of nitrogens with one attached hydrogen (secondary N) is 2. The van der Waals surface area contributed by atoms with Crippen LogP contribution in [0.1, 0.15) is 50.1 Å². The maximum atomic E-state index is 14.8. The Morgan fingerprint density at radius 2 is 1.80 bits per heavy atom. The normalized spacial score (nSPS) is 21.1. The predicted octanol–water partition coefficient (Wildman–Crippen LogP) is 5.29. The van der Waals surface area contributed by atoms with E-state index in [0.29, 0.717) is 56.2 Å². The van der Waals surface area contributed by atoms with E-state index in [2.05, 4.69) is 20.6 Å². The predicted molar refractivity (Wildman–Crippen MR) is 167 cm³/mol. The zero-order valence-corrected chi connectivity index (χ0v) is 26.1. The summed E-state index contributed by atoms with van der Waals surface area (Å²) in [4.78, 5) is 25.9. The number of primary amides is 1. The van der Waals surface area contributed by atoms with Gasteiger partial charge in [0.15, 0.2) is 11.5 Å². The van der Waals surface area contributed by atoms with Gasteiger partial charge in [-0.2, -0.15) is 9.29 Å². The molecule has 0 spiro atoms. The van der Waals surface area contributed by atoms with Crippen molar-refractivity contribution in [2.75, 3.05) is 23.7 Å². The highest BCUT2D eigenvalue weighted by molar-refractivity contribution is 7.89. The van der Waals surface area contributed by atoms with Crippen LogP contribution in [0.25, 0.3) is 11.2 Å². The molecule has 3 heterocycles. The van der Waals surface area contributed by atoms with Gasteiger partial charge in [-0.15, -0.1) is 0 Å². The molecule has 1 saturated heterocycles. The van der Waals surface area contributed by atoms with E-state index in [1.54, 1.807) is 24.3 Å². The number of aryl methyl sites for hydroxylation is 1. The van der Waals surface area contributed by atoms with Crippen LogP contribution in [0, 0.1) is 24.5 Å². The molecule has 0 unspecified atom stereocenters. The molecule has 6 rings (SSSR count). The number of carbonyl (C=O) groups excluding carboxylic acids is 1. The second-order valence-electron chi connectivity index (χ2n) is 11.6. The van der Waals surface area contributed by atoms with Crippen molar-refractivity contribution in [2.24, 2.45) is 11.7 Å². The largest absolute Gasteiger partial charge is 0.369 e. The standard InChI is InChI=1S/C30H33ClF2N8O3S/c1-17-4-10-22(11-5-17)45(43,44)40-12-2-3-20(16-40)36-29-35-15-25-28(39-29)41(21-8-6-18(7-9-21)27(34)42)30(37-25)38-26-23(31)13-19(32)14-24(26)33/h4-5,10-11,13-15,18,20-21H,2-3,6-9,12,16H2,1H3,(H2,34,42)(H,37,38)(H,35,36,39)/t18-,20-,21+/m1/s1. The molecule has 0 bridgehead atoms. The second kappa shape index (κ2) is 12.5. The third-order valence-corrected chi connectivity index (χ3v) is 10.7. The number of imidazole rings is 1. The van der Waals surface area contributed by atoms with Gasteiger partial charge in [-0.1, -0.05) is 29.3 Å². The number of aromatic nitrogens is 4. The molecule has 4 aromatic rings. The van der Waals surface area contributed by atoms with Gasteiger partial charge < -0.3 is 16.4 Å². The third-order valence-electron chi connectivity index (χ3n) is 8.52. The van der Waals surface area contributed by atoms with E-state index in [4.69, 9.17) is 22.3 Å². The fraction of sp³-hybridized carbons (Fsp3) is 0.400. The van der Waals surface area contributed by atoms with Crippen LogP contribution in [0.3, 0.4) is 0 Å². The van der Waals surface area contributed by atoms with Crippen molar-refractivity contribution >= 4 is 56.3 Å². The zero-order valence-electron chi connectivity index (χ0n) is 24.5. The number of benzene rings is 2. The topological polar surface area (TPSA) is 148 Å². The number of carbonyl (C=O) groups is 1. The monoisotopic (exact) mass is 658 g/mol. The number of anilines is 3. The third kappa shape index (κ3) is 6.44. The zero-order chi connectivity index (χ0) is 31.9. The van der Waals surface area contributed by atoms with Gasteiger partial charge in [0.25, 0.3) is 0 Å². The first-order chi connectivity index (χ1) is 21.5. The van der Waals surface area contributed by atoms with Crippen molar-refractivity contribution in [3.8, 4) is 0 Å². The van der Waals surface area contributed by atoms with E-state index in [1.807, 2.05) is 11.5 Å². The Bertz CT molecular complexity index is 1820. The molecule has 2 aliphatic rings. The van der Waals surface area contributed by atoms with Crippen LogP contribution in [-0.2, 0) is 14.8 Å². The average Bonchev–Trinajstić information content (AvgIpc) is 3.36. The van der Waals surface area contributed by atoms with Crippen molar-refractivity contribution in [1.82, 2.24) is 23.8 Å². The molecule has 1 amide bonds. The number of nitrogens with zero attached hydrogens (tertiary/aromatic N) is 5. The average molecular weight is 659 g/mol. The summed E-state index contributed by atoms with van der Waals surface area (Å²) in [6.07, 6.45) is 5.22. The van der Waals surface area contributed by atoms with Crippen LogP contribution >= 0.6 is 11.6 Å². The van der Waals surface area contributed by atoms with E-state index in [1.165, 1.54) is 10.5 Å². The van der Waals surface area contributed by atoms with Crippen LogP contribution in [0.4, 0.5) is 26.4 Å². The van der Waals surface area contributed by atoms with Gasteiger partial charge in [0, 0.05) is 37.2 Å². The van der Waals surface area contributed by atoms with Gasteiger partial charge in [0.1, 0.15) is 11.3 Å². The number of amides is 1. The number of fused-ring (bicyclic) bond motifs is 1. The number of hydrogen-bond donors (Lipinski definition) is 3. The number of piperidine rings is 1. The molecule has 15 heteroatoms. The molecule has 1 aliphatic carbocycles. The summed E-state index contributed by atoms with van der Waals surface area (Å²) < 4.78 is 58.5. The SMILES string of the molecule is Cc1ccc(S(=O)(=O)N2CCC[C@@H](Nc3ncc4nc(Nc5c(F)cc(F)cc5Cl)n([C@H]5CC[C@@H](C(N)=O)CC5)c4n3)C2)cc1. The fourth-order valence-corrected chi connectivity index (χ4v) is 7.87. The minimum Gasteiger partial charge on any atom is -0.369 e.